The monoisotopic (exact) mass is 252 g/mol. The normalized spacial score (nSPS) is 46.0. The Labute approximate surface area is 111 Å². The first-order valence-electron chi connectivity index (χ1n) is 7.87. The second-order valence-corrected chi connectivity index (χ2v) is 6.91. The molecule has 0 spiro atoms. The predicted octanol–water partition coefficient (Wildman–Crippen LogP) is 1.88. The van der Waals surface area contributed by atoms with E-state index in [4.69, 9.17) is 5.73 Å². The van der Waals surface area contributed by atoms with E-state index in [1.54, 1.807) is 0 Å². The van der Waals surface area contributed by atoms with Crippen LogP contribution in [0.1, 0.15) is 57.8 Å². The molecule has 0 aromatic carbocycles. The topological polar surface area (TPSA) is 49.5 Å². The van der Waals surface area contributed by atoms with Gasteiger partial charge >= 0.3 is 0 Å². The molecule has 0 radical (unpaired) electrons. The van der Waals surface area contributed by atoms with Gasteiger partial charge in [0.25, 0.3) is 0 Å². The van der Waals surface area contributed by atoms with E-state index in [9.17, 15) is 5.11 Å². The van der Waals surface area contributed by atoms with E-state index in [0.717, 1.165) is 24.8 Å². The van der Waals surface area contributed by atoms with Crippen molar-refractivity contribution in [1.29, 1.82) is 0 Å². The summed E-state index contributed by atoms with van der Waals surface area (Å²) in [6, 6.07) is 1.48. The van der Waals surface area contributed by atoms with Crippen molar-refractivity contribution in [3.8, 4) is 0 Å². The third-order valence-corrected chi connectivity index (χ3v) is 5.67. The Morgan fingerprint density at radius 3 is 2.78 bits per heavy atom. The Morgan fingerprint density at radius 1 is 1.11 bits per heavy atom. The van der Waals surface area contributed by atoms with Gasteiger partial charge in [0, 0.05) is 17.6 Å². The maximum Gasteiger partial charge on any atom is 0.0611 e. The van der Waals surface area contributed by atoms with E-state index in [1.165, 1.54) is 51.5 Å². The molecule has 0 amide bonds. The Hall–Kier alpha value is -0.120. The van der Waals surface area contributed by atoms with E-state index < -0.39 is 0 Å². The molecule has 18 heavy (non-hydrogen) atoms. The molecule has 3 N–H and O–H groups in total. The maximum atomic E-state index is 9.51. The molecule has 1 aliphatic heterocycles. The quantitative estimate of drug-likeness (QED) is 0.789. The molecule has 3 rings (SSSR count). The fourth-order valence-corrected chi connectivity index (χ4v) is 4.74. The molecule has 3 aliphatic rings. The van der Waals surface area contributed by atoms with E-state index >= 15 is 0 Å². The number of hydrogen-bond donors (Lipinski definition) is 2. The Morgan fingerprint density at radius 2 is 1.94 bits per heavy atom. The van der Waals surface area contributed by atoms with Gasteiger partial charge in [-0.3, -0.25) is 4.90 Å². The minimum absolute atomic E-state index is 0.158. The summed E-state index contributed by atoms with van der Waals surface area (Å²) in [5.41, 5.74) is 6.02. The van der Waals surface area contributed by atoms with Crippen molar-refractivity contribution in [2.24, 2.45) is 11.7 Å². The van der Waals surface area contributed by atoms with Crippen molar-refractivity contribution in [2.45, 2.75) is 75.4 Å². The highest BCUT2D eigenvalue weighted by atomic mass is 16.3. The molecule has 1 heterocycles. The first kappa shape index (κ1) is 12.9. The minimum atomic E-state index is -0.297. The smallest absolute Gasteiger partial charge is 0.0611 e. The van der Waals surface area contributed by atoms with Gasteiger partial charge in [0.1, 0.15) is 0 Å². The number of likely N-dealkylation sites (tertiary alicyclic amines) is 1. The van der Waals surface area contributed by atoms with Gasteiger partial charge in [-0.2, -0.15) is 0 Å². The van der Waals surface area contributed by atoms with E-state index in [-0.39, 0.29) is 12.1 Å². The molecule has 3 fully saturated rings. The molecule has 3 heteroatoms. The van der Waals surface area contributed by atoms with Gasteiger partial charge in [-0.15, -0.1) is 0 Å². The SMILES string of the molecule is NC1(CO)CCCC(N2CCCC3CCCC32)C1. The van der Waals surface area contributed by atoms with Crippen LogP contribution in [-0.2, 0) is 0 Å². The van der Waals surface area contributed by atoms with Crippen LogP contribution in [0.15, 0.2) is 0 Å². The number of aliphatic hydroxyl groups excluding tert-OH is 1. The van der Waals surface area contributed by atoms with Crippen molar-refractivity contribution in [1.82, 2.24) is 4.90 Å². The van der Waals surface area contributed by atoms with Gasteiger partial charge in [0.15, 0.2) is 0 Å². The van der Waals surface area contributed by atoms with Crippen LogP contribution < -0.4 is 5.73 Å². The van der Waals surface area contributed by atoms with E-state index in [0.29, 0.717) is 6.04 Å². The molecule has 104 valence electrons. The highest BCUT2D eigenvalue weighted by molar-refractivity contribution is 4.98. The standard InChI is InChI=1S/C15H28N2O/c16-15(11-18)8-2-6-13(10-15)17-9-3-5-12-4-1-7-14(12)17/h12-14,18H,1-11,16H2. The Balaban J connectivity index is 1.69. The van der Waals surface area contributed by atoms with E-state index in [1.807, 2.05) is 0 Å². The summed E-state index contributed by atoms with van der Waals surface area (Å²) in [6.07, 6.45) is 11.6. The van der Waals surface area contributed by atoms with Gasteiger partial charge < -0.3 is 10.8 Å². The average molecular weight is 252 g/mol. The van der Waals surface area contributed by atoms with Crippen molar-refractivity contribution < 1.29 is 5.11 Å². The number of nitrogens with zero attached hydrogens (tertiary/aromatic N) is 1. The molecule has 2 saturated carbocycles. The van der Waals surface area contributed by atoms with Crippen LogP contribution in [0.4, 0.5) is 0 Å². The van der Waals surface area contributed by atoms with Crippen LogP contribution in [-0.4, -0.2) is 40.8 Å². The van der Waals surface area contributed by atoms with Crippen LogP contribution in [0.2, 0.25) is 0 Å². The van der Waals surface area contributed by atoms with E-state index in [2.05, 4.69) is 4.90 Å². The van der Waals surface area contributed by atoms with Crippen molar-refractivity contribution in [3.63, 3.8) is 0 Å². The molecular formula is C15H28N2O. The lowest BCUT2D eigenvalue weighted by molar-refractivity contribution is 0.0210. The second kappa shape index (κ2) is 5.10. The minimum Gasteiger partial charge on any atom is -0.394 e. The van der Waals surface area contributed by atoms with Crippen LogP contribution in [0.25, 0.3) is 0 Å². The molecule has 4 unspecified atom stereocenters. The van der Waals surface area contributed by atoms with Crippen molar-refractivity contribution in [2.75, 3.05) is 13.2 Å². The van der Waals surface area contributed by atoms with Gasteiger partial charge in [-0.1, -0.05) is 6.42 Å². The highest BCUT2D eigenvalue weighted by Crippen LogP contribution is 2.40. The summed E-state index contributed by atoms with van der Waals surface area (Å²) >= 11 is 0. The van der Waals surface area contributed by atoms with Crippen LogP contribution in [0, 0.1) is 5.92 Å². The zero-order valence-corrected chi connectivity index (χ0v) is 11.5. The lowest BCUT2D eigenvalue weighted by Gasteiger charge is -2.47. The zero-order valence-electron chi connectivity index (χ0n) is 11.5. The lowest BCUT2D eigenvalue weighted by Crippen LogP contribution is -2.56. The number of fused-ring (bicyclic) bond motifs is 1. The summed E-state index contributed by atoms with van der Waals surface area (Å²) in [5, 5.41) is 9.51. The molecule has 0 aromatic heterocycles. The summed E-state index contributed by atoms with van der Waals surface area (Å²) in [5.74, 6) is 0.960. The summed E-state index contributed by atoms with van der Waals surface area (Å²) in [6.45, 7) is 1.43. The molecule has 4 atom stereocenters. The summed E-state index contributed by atoms with van der Waals surface area (Å²) < 4.78 is 0. The predicted molar refractivity (Wildman–Crippen MR) is 73.3 cm³/mol. The van der Waals surface area contributed by atoms with Crippen LogP contribution in [0.3, 0.4) is 0 Å². The number of piperidine rings is 1. The van der Waals surface area contributed by atoms with Gasteiger partial charge in [-0.05, 0) is 63.8 Å². The molecule has 3 nitrogen and oxygen atoms in total. The highest BCUT2D eigenvalue weighted by Gasteiger charge is 2.41. The van der Waals surface area contributed by atoms with Gasteiger partial charge in [-0.25, -0.2) is 0 Å². The van der Waals surface area contributed by atoms with Crippen LogP contribution >= 0.6 is 0 Å². The maximum absolute atomic E-state index is 9.51. The van der Waals surface area contributed by atoms with Gasteiger partial charge in [0.05, 0.1) is 6.61 Å². The van der Waals surface area contributed by atoms with Crippen molar-refractivity contribution >= 4 is 0 Å². The molecule has 2 aliphatic carbocycles. The third kappa shape index (κ3) is 2.33. The van der Waals surface area contributed by atoms with Crippen LogP contribution in [0.5, 0.6) is 0 Å². The number of nitrogens with two attached hydrogens (primary N) is 1. The molecule has 0 aromatic rings. The summed E-state index contributed by atoms with van der Waals surface area (Å²) in [4.78, 5) is 2.78. The Bertz CT molecular complexity index is 296. The first-order valence-corrected chi connectivity index (χ1v) is 7.87. The largest absolute Gasteiger partial charge is 0.394 e. The van der Waals surface area contributed by atoms with Gasteiger partial charge in [0.2, 0.25) is 0 Å². The molecule has 1 saturated heterocycles. The average Bonchev–Trinajstić information content (AvgIpc) is 2.87. The molecular weight excluding hydrogens is 224 g/mol. The third-order valence-electron chi connectivity index (χ3n) is 5.67. The Kier molecular flexibility index (Phi) is 3.65. The number of hydrogen-bond acceptors (Lipinski definition) is 3. The second-order valence-electron chi connectivity index (χ2n) is 6.91. The van der Waals surface area contributed by atoms with Crippen molar-refractivity contribution in [3.05, 3.63) is 0 Å². The number of aliphatic hydroxyl groups is 1. The lowest BCUT2D eigenvalue weighted by atomic mass is 9.78. The zero-order chi connectivity index (χ0) is 12.6. The molecule has 0 bridgehead atoms. The fourth-order valence-electron chi connectivity index (χ4n) is 4.74. The first-order chi connectivity index (χ1) is 8.72. The fraction of sp³-hybridized carbons (Fsp3) is 1.00. The summed E-state index contributed by atoms with van der Waals surface area (Å²) in [7, 11) is 0. The number of rotatable bonds is 2.